The maximum atomic E-state index is 14.2. The van der Waals surface area contributed by atoms with Gasteiger partial charge in [0.25, 0.3) is 0 Å². The molecule has 2 aromatic carbocycles. The molecular weight excluding hydrogens is 383 g/mol. The average molecular weight is 406 g/mol. The topological polar surface area (TPSA) is 62.7 Å². The Morgan fingerprint density at radius 2 is 1.93 bits per heavy atom. The van der Waals surface area contributed by atoms with Gasteiger partial charge in [0.15, 0.2) is 0 Å². The normalized spacial score (nSPS) is 13.7. The fourth-order valence-corrected chi connectivity index (χ4v) is 3.82. The molecule has 0 bridgehead atoms. The molecule has 1 aromatic heterocycles. The average Bonchev–Trinajstić information content (AvgIpc) is 2.73. The molecule has 0 atom stereocenters. The third kappa shape index (κ3) is 4.33. The number of benzene rings is 2. The largest absolute Gasteiger partial charge is 0.480 e. The van der Waals surface area contributed by atoms with Gasteiger partial charge in [0.1, 0.15) is 12.4 Å². The third-order valence-electron chi connectivity index (χ3n) is 5.45. The standard InChI is InChI=1S/C24H23FN2O3/c1-16-18(5-4-7-19(16)20-6-2-3-8-21(20)25)15-30-23-10-9-17-13-27(14-24(28)29)12-11-22(17)26-23/h2-10H,11-15H2,1H3,(H,28,29). The summed E-state index contributed by atoms with van der Waals surface area (Å²) in [6.45, 7) is 3.59. The second-order valence-electron chi connectivity index (χ2n) is 7.47. The molecule has 3 aromatic rings. The van der Waals surface area contributed by atoms with Crippen LogP contribution in [0.3, 0.4) is 0 Å². The van der Waals surface area contributed by atoms with Crippen LogP contribution < -0.4 is 4.74 Å². The predicted octanol–water partition coefficient (Wildman–Crippen LogP) is 4.22. The minimum Gasteiger partial charge on any atom is -0.480 e. The van der Waals surface area contributed by atoms with E-state index in [1.165, 1.54) is 6.07 Å². The molecule has 1 N–H and O–H groups in total. The van der Waals surface area contributed by atoms with Crippen LogP contribution in [-0.2, 0) is 24.4 Å². The summed E-state index contributed by atoms with van der Waals surface area (Å²) in [5.41, 5.74) is 5.37. The van der Waals surface area contributed by atoms with Gasteiger partial charge in [-0.1, -0.05) is 42.5 Å². The Morgan fingerprint density at radius 1 is 1.13 bits per heavy atom. The molecule has 154 valence electrons. The molecule has 0 fully saturated rings. The summed E-state index contributed by atoms with van der Waals surface area (Å²) < 4.78 is 20.2. The van der Waals surface area contributed by atoms with E-state index in [0.717, 1.165) is 27.9 Å². The maximum absolute atomic E-state index is 14.2. The van der Waals surface area contributed by atoms with Crippen molar-refractivity contribution in [3.8, 4) is 17.0 Å². The van der Waals surface area contributed by atoms with Crippen LogP contribution in [0.15, 0.2) is 54.6 Å². The molecule has 5 nitrogen and oxygen atoms in total. The first kappa shape index (κ1) is 20.0. The number of hydrogen-bond acceptors (Lipinski definition) is 4. The van der Waals surface area contributed by atoms with Gasteiger partial charge in [-0.15, -0.1) is 0 Å². The predicted molar refractivity (Wildman–Crippen MR) is 112 cm³/mol. The number of nitrogens with zero attached hydrogens (tertiary/aromatic N) is 2. The Balaban J connectivity index is 1.48. The van der Waals surface area contributed by atoms with E-state index in [9.17, 15) is 9.18 Å². The van der Waals surface area contributed by atoms with Gasteiger partial charge in [-0.25, -0.2) is 9.37 Å². The lowest BCUT2D eigenvalue weighted by molar-refractivity contribution is -0.138. The van der Waals surface area contributed by atoms with E-state index in [2.05, 4.69) is 4.98 Å². The Labute approximate surface area is 174 Å². The zero-order chi connectivity index (χ0) is 21.1. The number of fused-ring (bicyclic) bond motifs is 1. The van der Waals surface area contributed by atoms with Crippen molar-refractivity contribution in [2.75, 3.05) is 13.1 Å². The third-order valence-corrected chi connectivity index (χ3v) is 5.45. The number of ether oxygens (including phenoxy) is 1. The Bertz CT molecular complexity index is 1080. The quantitative estimate of drug-likeness (QED) is 0.664. The molecule has 2 heterocycles. The van der Waals surface area contributed by atoms with Gasteiger partial charge in [-0.05, 0) is 35.2 Å². The first-order valence-electron chi connectivity index (χ1n) is 9.90. The maximum Gasteiger partial charge on any atom is 0.317 e. The van der Waals surface area contributed by atoms with Gasteiger partial charge in [0.05, 0.1) is 12.2 Å². The van der Waals surface area contributed by atoms with Crippen LogP contribution in [0.5, 0.6) is 5.88 Å². The molecule has 0 spiro atoms. The molecule has 0 amide bonds. The zero-order valence-electron chi connectivity index (χ0n) is 16.8. The molecule has 1 aliphatic heterocycles. The highest BCUT2D eigenvalue weighted by atomic mass is 19.1. The van der Waals surface area contributed by atoms with E-state index >= 15 is 0 Å². The molecule has 30 heavy (non-hydrogen) atoms. The van der Waals surface area contributed by atoms with Gasteiger partial charge in [0.2, 0.25) is 5.88 Å². The minimum atomic E-state index is -0.820. The van der Waals surface area contributed by atoms with Crippen LogP contribution in [0.2, 0.25) is 0 Å². The fraction of sp³-hybridized carbons (Fsp3) is 0.250. The number of aliphatic carboxylic acids is 1. The summed E-state index contributed by atoms with van der Waals surface area (Å²) in [5.74, 6) is -0.526. The SMILES string of the molecule is Cc1c(COc2ccc3c(n2)CCN(CC(=O)O)C3)cccc1-c1ccccc1F. The van der Waals surface area contributed by atoms with Crippen LogP contribution in [0.4, 0.5) is 4.39 Å². The molecule has 0 radical (unpaired) electrons. The van der Waals surface area contributed by atoms with Crippen LogP contribution in [0.25, 0.3) is 11.1 Å². The second kappa shape index (κ2) is 8.63. The fourth-order valence-electron chi connectivity index (χ4n) is 3.82. The van der Waals surface area contributed by atoms with Gasteiger partial charge in [-0.3, -0.25) is 9.69 Å². The second-order valence-corrected chi connectivity index (χ2v) is 7.47. The van der Waals surface area contributed by atoms with Crippen molar-refractivity contribution < 1.29 is 19.0 Å². The van der Waals surface area contributed by atoms with Crippen molar-refractivity contribution in [1.82, 2.24) is 9.88 Å². The van der Waals surface area contributed by atoms with Crippen molar-refractivity contribution in [3.05, 3.63) is 82.8 Å². The van der Waals surface area contributed by atoms with Crippen LogP contribution >= 0.6 is 0 Å². The lowest BCUT2D eigenvalue weighted by atomic mass is 9.96. The number of carboxylic acid groups (broad SMARTS) is 1. The lowest BCUT2D eigenvalue weighted by Crippen LogP contribution is -2.35. The van der Waals surface area contributed by atoms with E-state index in [0.29, 0.717) is 37.6 Å². The lowest BCUT2D eigenvalue weighted by Gasteiger charge is -2.26. The smallest absolute Gasteiger partial charge is 0.317 e. The highest BCUT2D eigenvalue weighted by Gasteiger charge is 2.20. The highest BCUT2D eigenvalue weighted by Crippen LogP contribution is 2.28. The molecule has 6 heteroatoms. The monoisotopic (exact) mass is 406 g/mol. The molecule has 0 saturated carbocycles. The number of rotatable bonds is 6. The van der Waals surface area contributed by atoms with Gasteiger partial charge in [-0.2, -0.15) is 0 Å². The Hall–Kier alpha value is -3.25. The van der Waals surface area contributed by atoms with Crippen molar-refractivity contribution >= 4 is 5.97 Å². The van der Waals surface area contributed by atoms with Crippen LogP contribution in [0, 0.1) is 12.7 Å². The van der Waals surface area contributed by atoms with Crippen molar-refractivity contribution in [3.63, 3.8) is 0 Å². The minimum absolute atomic E-state index is 0.0370. The van der Waals surface area contributed by atoms with Crippen molar-refractivity contribution in [1.29, 1.82) is 0 Å². The Morgan fingerprint density at radius 3 is 2.73 bits per heavy atom. The molecule has 0 saturated heterocycles. The first-order valence-corrected chi connectivity index (χ1v) is 9.90. The van der Waals surface area contributed by atoms with Crippen LogP contribution in [0.1, 0.15) is 22.4 Å². The van der Waals surface area contributed by atoms with E-state index < -0.39 is 5.97 Å². The van der Waals surface area contributed by atoms with Gasteiger partial charge < -0.3 is 9.84 Å². The summed E-state index contributed by atoms with van der Waals surface area (Å²) in [5, 5.41) is 8.97. The molecule has 0 aliphatic carbocycles. The number of hydrogen-bond donors (Lipinski definition) is 1. The van der Waals surface area contributed by atoms with Gasteiger partial charge >= 0.3 is 5.97 Å². The van der Waals surface area contributed by atoms with E-state index in [1.54, 1.807) is 12.1 Å². The number of pyridine rings is 1. The summed E-state index contributed by atoms with van der Waals surface area (Å²) >= 11 is 0. The summed E-state index contributed by atoms with van der Waals surface area (Å²) in [7, 11) is 0. The number of aromatic nitrogens is 1. The van der Waals surface area contributed by atoms with E-state index in [-0.39, 0.29) is 12.4 Å². The van der Waals surface area contributed by atoms with E-state index in [4.69, 9.17) is 9.84 Å². The molecule has 4 rings (SSSR count). The Kier molecular flexibility index (Phi) is 5.77. The van der Waals surface area contributed by atoms with E-state index in [1.807, 2.05) is 48.2 Å². The number of carbonyl (C=O) groups is 1. The number of halogens is 1. The number of carboxylic acids is 1. The van der Waals surface area contributed by atoms with Crippen molar-refractivity contribution in [2.45, 2.75) is 26.5 Å². The van der Waals surface area contributed by atoms with Gasteiger partial charge in [0, 0.05) is 31.1 Å². The molecule has 0 unspecified atom stereocenters. The summed E-state index contributed by atoms with van der Waals surface area (Å²) in [6, 6.07) is 16.3. The highest BCUT2D eigenvalue weighted by molar-refractivity contribution is 5.69. The zero-order valence-corrected chi connectivity index (χ0v) is 16.8. The first-order chi connectivity index (χ1) is 14.5. The summed E-state index contributed by atoms with van der Waals surface area (Å²) in [6.07, 6.45) is 0.696. The molecular formula is C24H23FN2O3. The van der Waals surface area contributed by atoms with Crippen LogP contribution in [-0.4, -0.2) is 34.0 Å². The van der Waals surface area contributed by atoms with Crippen molar-refractivity contribution in [2.24, 2.45) is 0 Å². The summed E-state index contributed by atoms with van der Waals surface area (Å²) in [4.78, 5) is 17.4. The molecule has 1 aliphatic rings.